The third kappa shape index (κ3) is 5.81. The Morgan fingerprint density at radius 1 is 1.19 bits per heavy atom. The molecule has 0 spiro atoms. The molecule has 0 saturated heterocycles. The van der Waals surface area contributed by atoms with Crippen LogP contribution in [0.5, 0.6) is 0 Å². The molecule has 2 aromatic carbocycles. The quantitative estimate of drug-likeness (QED) is 0.702. The van der Waals surface area contributed by atoms with Gasteiger partial charge in [-0.3, -0.25) is 9.10 Å². The lowest BCUT2D eigenvalue weighted by Gasteiger charge is -2.22. The van der Waals surface area contributed by atoms with Crippen molar-refractivity contribution in [1.82, 2.24) is 0 Å². The molecule has 2 aromatic rings. The smallest absolute Gasteiger partial charge is 0.232 e. The van der Waals surface area contributed by atoms with Gasteiger partial charge in [0.05, 0.1) is 17.6 Å². The molecule has 0 heterocycles. The number of sulfonamides is 1. The first kappa shape index (κ1) is 20.4. The van der Waals surface area contributed by atoms with E-state index in [9.17, 15) is 17.6 Å². The van der Waals surface area contributed by atoms with Gasteiger partial charge >= 0.3 is 0 Å². The molecule has 0 aromatic heterocycles. The van der Waals surface area contributed by atoms with Crippen molar-refractivity contribution < 1.29 is 17.6 Å². The van der Waals surface area contributed by atoms with Crippen molar-refractivity contribution in [2.45, 2.75) is 19.8 Å². The van der Waals surface area contributed by atoms with Crippen molar-refractivity contribution in [2.75, 3.05) is 22.4 Å². The topological polar surface area (TPSA) is 66.5 Å². The van der Waals surface area contributed by atoms with E-state index in [1.165, 1.54) is 16.4 Å². The molecule has 0 aliphatic heterocycles. The zero-order valence-electron chi connectivity index (χ0n) is 14.5. The molecule has 0 aliphatic rings. The van der Waals surface area contributed by atoms with Gasteiger partial charge in [-0.15, -0.1) is 0 Å². The van der Waals surface area contributed by atoms with Gasteiger partial charge in [-0.05, 0) is 43.7 Å². The molecule has 0 aliphatic carbocycles. The average molecular weight is 443 g/mol. The van der Waals surface area contributed by atoms with E-state index in [4.69, 9.17) is 0 Å². The molecule has 140 valence electrons. The molecule has 0 atom stereocenters. The first-order chi connectivity index (χ1) is 12.2. The van der Waals surface area contributed by atoms with E-state index in [1.807, 2.05) is 19.1 Å². The summed E-state index contributed by atoms with van der Waals surface area (Å²) in [7, 11) is -3.46. The number of nitrogens with one attached hydrogen (secondary N) is 1. The number of nitrogens with zero attached hydrogens (tertiary/aromatic N) is 1. The molecule has 0 bridgehead atoms. The van der Waals surface area contributed by atoms with Crippen molar-refractivity contribution >= 4 is 43.2 Å². The number of hydrogen-bond acceptors (Lipinski definition) is 3. The minimum Gasteiger partial charge on any atom is -0.324 e. The molecular weight excluding hydrogens is 423 g/mol. The fourth-order valence-electron chi connectivity index (χ4n) is 2.38. The lowest BCUT2D eigenvalue weighted by Crippen LogP contribution is -2.31. The summed E-state index contributed by atoms with van der Waals surface area (Å²) in [6, 6.07) is 11.5. The molecule has 0 unspecified atom stereocenters. The number of halogens is 2. The maximum Gasteiger partial charge on any atom is 0.232 e. The van der Waals surface area contributed by atoms with Crippen LogP contribution in [-0.2, 0) is 14.8 Å². The van der Waals surface area contributed by atoms with Crippen molar-refractivity contribution in [3.8, 4) is 0 Å². The van der Waals surface area contributed by atoms with Crippen LogP contribution in [0, 0.1) is 12.7 Å². The van der Waals surface area contributed by atoms with E-state index in [0.29, 0.717) is 16.6 Å². The Hall–Kier alpha value is -1.93. The summed E-state index contributed by atoms with van der Waals surface area (Å²) in [6.45, 7) is 2.08. The maximum atomic E-state index is 13.7. The van der Waals surface area contributed by atoms with Crippen molar-refractivity contribution in [3.05, 3.63) is 58.3 Å². The molecule has 1 amide bonds. The monoisotopic (exact) mass is 442 g/mol. The fraction of sp³-hybridized carbons (Fsp3) is 0.278. The molecule has 0 saturated carbocycles. The van der Waals surface area contributed by atoms with Gasteiger partial charge in [0.15, 0.2) is 0 Å². The summed E-state index contributed by atoms with van der Waals surface area (Å²) in [5.74, 6) is -0.909. The number of carbonyl (C=O) groups is 1. The number of rotatable bonds is 7. The molecule has 8 heteroatoms. The molecule has 5 nitrogen and oxygen atoms in total. The summed E-state index contributed by atoms with van der Waals surface area (Å²) in [4.78, 5) is 12.0. The Morgan fingerprint density at radius 3 is 2.42 bits per heavy atom. The van der Waals surface area contributed by atoms with Gasteiger partial charge < -0.3 is 5.32 Å². The van der Waals surface area contributed by atoms with Crippen LogP contribution < -0.4 is 9.62 Å². The Morgan fingerprint density at radius 2 is 1.85 bits per heavy atom. The van der Waals surface area contributed by atoms with E-state index in [-0.39, 0.29) is 24.6 Å². The second kappa shape index (κ2) is 8.64. The van der Waals surface area contributed by atoms with Crippen molar-refractivity contribution in [3.63, 3.8) is 0 Å². The summed E-state index contributed by atoms with van der Waals surface area (Å²) in [5.41, 5.74) is 1.67. The molecule has 0 radical (unpaired) electrons. The lowest BCUT2D eigenvalue weighted by molar-refractivity contribution is -0.116. The molecule has 1 N–H and O–H groups in total. The predicted octanol–water partition coefficient (Wildman–Crippen LogP) is 4.08. The first-order valence-electron chi connectivity index (χ1n) is 7.96. The van der Waals surface area contributed by atoms with Crippen LogP contribution in [0.3, 0.4) is 0 Å². The Bertz CT molecular complexity index is 886. The van der Waals surface area contributed by atoms with Gasteiger partial charge in [-0.1, -0.05) is 33.6 Å². The first-order valence-corrected chi connectivity index (χ1v) is 10.6. The molecule has 0 fully saturated rings. The SMILES string of the molecule is Cc1ccc(N(CCCC(=O)Nc2ccc(Br)cc2F)S(C)(=O)=O)cc1. The number of anilines is 2. The van der Waals surface area contributed by atoms with Gasteiger partial charge in [-0.25, -0.2) is 12.8 Å². The van der Waals surface area contributed by atoms with Gasteiger partial charge in [-0.2, -0.15) is 0 Å². The molecule has 26 heavy (non-hydrogen) atoms. The van der Waals surface area contributed by atoms with Crippen LogP contribution >= 0.6 is 15.9 Å². The van der Waals surface area contributed by atoms with E-state index in [0.717, 1.165) is 11.8 Å². The Labute approximate surface area is 161 Å². The van der Waals surface area contributed by atoms with E-state index >= 15 is 0 Å². The standard InChI is InChI=1S/C18H20BrFN2O3S/c1-13-5-8-15(9-6-13)22(26(2,24)25)11-3-4-18(23)21-17-10-7-14(19)12-16(17)20/h5-10,12H,3-4,11H2,1-2H3,(H,21,23). The fourth-order valence-corrected chi connectivity index (χ4v) is 3.68. The predicted molar refractivity (Wildman–Crippen MR) is 105 cm³/mol. The third-order valence-electron chi connectivity index (χ3n) is 3.69. The van der Waals surface area contributed by atoms with E-state index < -0.39 is 15.8 Å². The highest BCUT2D eigenvalue weighted by molar-refractivity contribution is 9.10. The Balaban J connectivity index is 1.96. The maximum absolute atomic E-state index is 13.7. The summed E-state index contributed by atoms with van der Waals surface area (Å²) < 4.78 is 39.6. The second-order valence-corrected chi connectivity index (χ2v) is 8.77. The van der Waals surface area contributed by atoms with Crippen LogP contribution in [0.4, 0.5) is 15.8 Å². The summed E-state index contributed by atoms with van der Waals surface area (Å²) >= 11 is 3.15. The highest BCUT2D eigenvalue weighted by Crippen LogP contribution is 2.21. The second-order valence-electron chi connectivity index (χ2n) is 5.95. The highest BCUT2D eigenvalue weighted by Gasteiger charge is 2.17. The average Bonchev–Trinajstić information content (AvgIpc) is 2.54. The largest absolute Gasteiger partial charge is 0.324 e. The normalized spacial score (nSPS) is 11.2. The van der Waals surface area contributed by atoms with Gasteiger partial charge in [0, 0.05) is 17.4 Å². The van der Waals surface area contributed by atoms with Crippen LogP contribution in [0.25, 0.3) is 0 Å². The third-order valence-corrected chi connectivity index (χ3v) is 5.38. The van der Waals surface area contributed by atoms with Crippen LogP contribution in [0.1, 0.15) is 18.4 Å². The van der Waals surface area contributed by atoms with E-state index in [1.54, 1.807) is 18.2 Å². The van der Waals surface area contributed by atoms with Crippen molar-refractivity contribution in [1.29, 1.82) is 0 Å². The summed E-state index contributed by atoms with van der Waals surface area (Å²) in [6.07, 6.45) is 1.52. The van der Waals surface area contributed by atoms with Gasteiger partial charge in [0.1, 0.15) is 5.82 Å². The minimum atomic E-state index is -3.46. The number of aryl methyl sites for hydroxylation is 1. The molecular formula is C18H20BrFN2O3S. The highest BCUT2D eigenvalue weighted by atomic mass is 79.9. The van der Waals surface area contributed by atoms with Crippen molar-refractivity contribution in [2.24, 2.45) is 0 Å². The van der Waals surface area contributed by atoms with Gasteiger partial charge in [0.2, 0.25) is 15.9 Å². The van der Waals surface area contributed by atoms with Gasteiger partial charge in [0.25, 0.3) is 0 Å². The van der Waals surface area contributed by atoms with Crippen LogP contribution in [-0.4, -0.2) is 27.1 Å². The number of amides is 1. The number of hydrogen-bond donors (Lipinski definition) is 1. The van der Waals surface area contributed by atoms with Crippen LogP contribution in [0.2, 0.25) is 0 Å². The minimum absolute atomic E-state index is 0.0768. The summed E-state index contributed by atoms with van der Waals surface area (Å²) in [5, 5.41) is 2.49. The zero-order chi connectivity index (χ0) is 19.3. The Kier molecular flexibility index (Phi) is 6.77. The lowest BCUT2D eigenvalue weighted by atomic mass is 10.2. The zero-order valence-corrected chi connectivity index (χ0v) is 16.9. The molecule has 2 rings (SSSR count). The number of carbonyl (C=O) groups excluding carboxylic acids is 1. The number of benzene rings is 2. The van der Waals surface area contributed by atoms with Crippen LogP contribution in [0.15, 0.2) is 46.9 Å². The van der Waals surface area contributed by atoms with E-state index in [2.05, 4.69) is 21.2 Å².